The first-order valence-corrected chi connectivity index (χ1v) is 10.9. The number of thiazole rings is 1. The molecule has 0 radical (unpaired) electrons. The van der Waals surface area contributed by atoms with E-state index < -0.39 is 11.7 Å². The van der Waals surface area contributed by atoms with Crippen LogP contribution in [0.3, 0.4) is 0 Å². The Kier molecular flexibility index (Phi) is 7.15. The van der Waals surface area contributed by atoms with Gasteiger partial charge in [-0.2, -0.15) is 13.2 Å². The maximum absolute atomic E-state index is 13.7. The second-order valence-corrected chi connectivity index (χ2v) is 8.80. The maximum Gasteiger partial charge on any atom is 0.419 e. The standard InChI is InChI=1S/C22H25F3N4OS/c1-13(2)9-14(3)11-30-19-6-5-16(10-17(19)22(23,24)25)18-7-8-26-20(28-18)29-21-27-15(4)12-31-21/h5-8,10,12-14H,9,11H2,1-4H3,(H,26,27,28,29). The molecule has 2 heterocycles. The molecule has 0 aliphatic heterocycles. The van der Waals surface area contributed by atoms with Gasteiger partial charge in [-0.1, -0.05) is 20.8 Å². The van der Waals surface area contributed by atoms with Crippen molar-refractivity contribution in [2.75, 3.05) is 11.9 Å². The highest BCUT2D eigenvalue weighted by atomic mass is 32.1. The molecule has 3 rings (SSSR count). The van der Waals surface area contributed by atoms with Crippen molar-refractivity contribution in [2.24, 2.45) is 11.8 Å². The normalized spacial score (nSPS) is 12.8. The van der Waals surface area contributed by atoms with Crippen molar-refractivity contribution >= 4 is 22.4 Å². The van der Waals surface area contributed by atoms with E-state index in [0.717, 1.165) is 18.2 Å². The molecule has 1 aromatic carbocycles. The van der Waals surface area contributed by atoms with E-state index in [1.807, 2.05) is 19.2 Å². The van der Waals surface area contributed by atoms with Gasteiger partial charge < -0.3 is 10.1 Å². The number of nitrogens with one attached hydrogen (secondary N) is 1. The second kappa shape index (κ2) is 9.64. The molecule has 0 saturated carbocycles. The number of ether oxygens (including phenoxy) is 1. The predicted molar refractivity (Wildman–Crippen MR) is 117 cm³/mol. The van der Waals surface area contributed by atoms with Crippen LogP contribution in [0.2, 0.25) is 0 Å². The van der Waals surface area contributed by atoms with Crippen LogP contribution in [-0.2, 0) is 6.18 Å². The van der Waals surface area contributed by atoms with E-state index in [2.05, 4.69) is 34.1 Å². The summed E-state index contributed by atoms with van der Waals surface area (Å²) in [6.07, 6.45) is -2.16. The summed E-state index contributed by atoms with van der Waals surface area (Å²) in [7, 11) is 0. The molecule has 31 heavy (non-hydrogen) atoms. The highest BCUT2D eigenvalue weighted by Crippen LogP contribution is 2.39. The number of rotatable bonds is 8. The first kappa shape index (κ1) is 23.0. The van der Waals surface area contributed by atoms with Gasteiger partial charge in [0.15, 0.2) is 5.13 Å². The van der Waals surface area contributed by atoms with Crippen LogP contribution in [0.15, 0.2) is 35.8 Å². The van der Waals surface area contributed by atoms with Crippen LogP contribution < -0.4 is 10.1 Å². The Labute approximate surface area is 183 Å². The van der Waals surface area contributed by atoms with Crippen molar-refractivity contribution in [1.82, 2.24) is 15.0 Å². The Bertz CT molecular complexity index is 1020. The zero-order chi connectivity index (χ0) is 22.6. The summed E-state index contributed by atoms with van der Waals surface area (Å²) in [5, 5.41) is 5.47. The number of benzene rings is 1. The summed E-state index contributed by atoms with van der Waals surface area (Å²) in [6, 6.07) is 5.58. The monoisotopic (exact) mass is 450 g/mol. The number of alkyl halides is 3. The average molecular weight is 451 g/mol. The van der Waals surface area contributed by atoms with Crippen molar-refractivity contribution < 1.29 is 17.9 Å². The summed E-state index contributed by atoms with van der Waals surface area (Å²) < 4.78 is 46.7. The number of aromatic nitrogens is 3. The zero-order valence-corrected chi connectivity index (χ0v) is 18.6. The van der Waals surface area contributed by atoms with Crippen LogP contribution in [0, 0.1) is 18.8 Å². The second-order valence-electron chi connectivity index (χ2n) is 7.94. The largest absolute Gasteiger partial charge is 0.493 e. The minimum absolute atomic E-state index is 0.158. The van der Waals surface area contributed by atoms with Gasteiger partial charge in [0, 0.05) is 17.1 Å². The smallest absolute Gasteiger partial charge is 0.419 e. The summed E-state index contributed by atoms with van der Waals surface area (Å²) in [6.45, 7) is 8.22. The number of halogens is 3. The molecular weight excluding hydrogens is 425 g/mol. The molecule has 0 aliphatic carbocycles. The van der Waals surface area contributed by atoms with E-state index in [4.69, 9.17) is 4.74 Å². The van der Waals surface area contributed by atoms with Crippen LogP contribution in [0.1, 0.15) is 38.4 Å². The van der Waals surface area contributed by atoms with E-state index in [1.54, 1.807) is 12.1 Å². The van der Waals surface area contributed by atoms with E-state index in [9.17, 15) is 13.2 Å². The molecule has 0 bridgehead atoms. The van der Waals surface area contributed by atoms with E-state index in [-0.39, 0.29) is 24.2 Å². The van der Waals surface area contributed by atoms with Crippen molar-refractivity contribution in [3.05, 3.63) is 47.1 Å². The lowest BCUT2D eigenvalue weighted by atomic mass is 10.00. The summed E-state index contributed by atoms with van der Waals surface area (Å²) >= 11 is 1.40. The molecule has 0 saturated heterocycles. The first-order chi connectivity index (χ1) is 14.6. The van der Waals surface area contributed by atoms with Gasteiger partial charge in [0.05, 0.1) is 23.6 Å². The van der Waals surface area contributed by atoms with Crippen molar-refractivity contribution in [3.8, 4) is 17.0 Å². The summed E-state index contributed by atoms with van der Waals surface area (Å²) in [5.41, 5.74) is 0.744. The molecule has 2 aromatic heterocycles. The lowest BCUT2D eigenvalue weighted by Gasteiger charge is -2.19. The van der Waals surface area contributed by atoms with E-state index in [1.165, 1.54) is 23.6 Å². The molecule has 166 valence electrons. The number of anilines is 2. The van der Waals surface area contributed by atoms with Crippen LogP contribution in [-0.4, -0.2) is 21.6 Å². The summed E-state index contributed by atoms with van der Waals surface area (Å²) in [4.78, 5) is 12.8. The third-order valence-corrected chi connectivity index (χ3v) is 5.35. The number of hydrogen-bond donors (Lipinski definition) is 1. The topological polar surface area (TPSA) is 59.9 Å². The lowest BCUT2D eigenvalue weighted by molar-refractivity contribution is -0.139. The molecular formula is C22H25F3N4OS. The molecule has 0 aliphatic rings. The molecule has 1 N–H and O–H groups in total. The van der Waals surface area contributed by atoms with Gasteiger partial charge in [-0.15, -0.1) is 11.3 Å². The fraction of sp³-hybridized carbons (Fsp3) is 0.409. The molecule has 1 atom stereocenters. The van der Waals surface area contributed by atoms with Crippen molar-refractivity contribution in [3.63, 3.8) is 0 Å². The lowest BCUT2D eigenvalue weighted by Crippen LogP contribution is -2.14. The average Bonchev–Trinajstić information content (AvgIpc) is 3.10. The Hall–Kier alpha value is -2.68. The minimum Gasteiger partial charge on any atom is -0.493 e. The van der Waals surface area contributed by atoms with Crippen LogP contribution in [0.4, 0.5) is 24.3 Å². The Balaban J connectivity index is 1.84. The fourth-order valence-electron chi connectivity index (χ4n) is 3.23. The maximum atomic E-state index is 13.7. The van der Waals surface area contributed by atoms with Gasteiger partial charge in [0.25, 0.3) is 0 Å². The Morgan fingerprint density at radius 1 is 1.13 bits per heavy atom. The Morgan fingerprint density at radius 3 is 2.55 bits per heavy atom. The molecule has 0 spiro atoms. The minimum atomic E-state index is -4.54. The number of nitrogens with zero attached hydrogens (tertiary/aromatic N) is 3. The fourth-order valence-corrected chi connectivity index (χ4v) is 3.91. The highest BCUT2D eigenvalue weighted by Gasteiger charge is 2.35. The van der Waals surface area contributed by atoms with Gasteiger partial charge in [-0.3, -0.25) is 0 Å². The molecule has 5 nitrogen and oxygen atoms in total. The Morgan fingerprint density at radius 2 is 1.90 bits per heavy atom. The van der Waals surface area contributed by atoms with Gasteiger partial charge in [-0.25, -0.2) is 15.0 Å². The molecule has 1 unspecified atom stereocenters. The van der Waals surface area contributed by atoms with E-state index in [0.29, 0.717) is 22.3 Å². The van der Waals surface area contributed by atoms with Crippen LogP contribution >= 0.6 is 11.3 Å². The van der Waals surface area contributed by atoms with Gasteiger partial charge >= 0.3 is 6.18 Å². The first-order valence-electron chi connectivity index (χ1n) is 9.98. The van der Waals surface area contributed by atoms with Crippen LogP contribution in [0.25, 0.3) is 11.3 Å². The van der Waals surface area contributed by atoms with Gasteiger partial charge in [0.1, 0.15) is 5.75 Å². The molecule has 9 heteroatoms. The van der Waals surface area contributed by atoms with Gasteiger partial charge in [-0.05, 0) is 49.4 Å². The molecule has 3 aromatic rings. The summed E-state index contributed by atoms with van der Waals surface area (Å²) in [5.74, 6) is 0.712. The molecule has 0 amide bonds. The van der Waals surface area contributed by atoms with Crippen molar-refractivity contribution in [1.29, 1.82) is 0 Å². The highest BCUT2D eigenvalue weighted by molar-refractivity contribution is 7.13. The van der Waals surface area contributed by atoms with Crippen LogP contribution in [0.5, 0.6) is 5.75 Å². The predicted octanol–water partition coefficient (Wildman–Crippen LogP) is 6.73. The third-order valence-electron chi connectivity index (χ3n) is 4.47. The molecule has 0 fully saturated rings. The quantitative estimate of drug-likeness (QED) is 0.412. The number of aryl methyl sites for hydroxylation is 1. The zero-order valence-electron chi connectivity index (χ0n) is 17.8. The van der Waals surface area contributed by atoms with Crippen molar-refractivity contribution in [2.45, 2.75) is 40.3 Å². The van der Waals surface area contributed by atoms with E-state index >= 15 is 0 Å². The SMILES string of the molecule is Cc1csc(Nc2nccc(-c3ccc(OCC(C)CC(C)C)c(C(F)(F)F)c3)n2)n1. The third kappa shape index (κ3) is 6.40. The number of hydrogen-bond acceptors (Lipinski definition) is 6. The van der Waals surface area contributed by atoms with Gasteiger partial charge in [0.2, 0.25) is 5.95 Å².